The molecule has 1 heterocycles. The van der Waals surface area contributed by atoms with E-state index in [0.717, 1.165) is 13.7 Å². The van der Waals surface area contributed by atoms with Gasteiger partial charge in [-0.15, -0.1) is 11.3 Å². The van der Waals surface area contributed by atoms with Gasteiger partial charge in [0.1, 0.15) is 5.75 Å². The second kappa shape index (κ2) is 3.97. The van der Waals surface area contributed by atoms with Crippen LogP contribution in [0.3, 0.4) is 0 Å². The highest BCUT2D eigenvalue weighted by atomic mass is 127. The molecule has 15 heavy (non-hydrogen) atoms. The second-order valence-electron chi connectivity index (χ2n) is 2.88. The quantitative estimate of drug-likeness (QED) is 0.644. The Kier molecular flexibility index (Phi) is 2.83. The summed E-state index contributed by atoms with van der Waals surface area (Å²) in [5, 5.41) is 10.6. The minimum absolute atomic E-state index is 0.0202. The maximum absolute atomic E-state index is 11.3. The fraction of sp³-hybridized carbons (Fsp3) is 0.100. The van der Waals surface area contributed by atoms with Crippen LogP contribution in [-0.4, -0.2) is 18.2 Å². The lowest BCUT2D eigenvalue weighted by molar-refractivity contribution is 0.0603. The molecule has 0 aliphatic carbocycles. The zero-order valence-electron chi connectivity index (χ0n) is 7.78. The van der Waals surface area contributed by atoms with Gasteiger partial charge in [-0.3, -0.25) is 0 Å². The molecule has 1 aromatic heterocycles. The van der Waals surface area contributed by atoms with Crippen molar-refractivity contribution >= 4 is 50.0 Å². The summed E-state index contributed by atoms with van der Waals surface area (Å²) in [5.74, 6) is -0.476. The average Bonchev–Trinajstić information content (AvgIpc) is 2.56. The Bertz CT molecular complexity index is 533. The molecule has 5 heteroatoms. The number of fused-ring (bicyclic) bond motifs is 1. The Balaban J connectivity index is 2.75. The van der Waals surface area contributed by atoms with Crippen LogP contribution in [0.15, 0.2) is 18.2 Å². The molecule has 0 radical (unpaired) electrons. The van der Waals surface area contributed by atoms with Crippen molar-refractivity contribution in [3.63, 3.8) is 0 Å². The standard InChI is InChI=1S/C10H7IO3S/c1-14-10(13)9-8(12)7-5(11)3-2-4-6(7)15-9/h2-4,12H,1H3. The minimum atomic E-state index is -0.496. The van der Waals surface area contributed by atoms with E-state index in [0.29, 0.717) is 0 Å². The number of carbonyl (C=O) groups is 1. The van der Waals surface area contributed by atoms with Gasteiger partial charge in [-0.25, -0.2) is 4.79 Å². The number of methoxy groups -OCH3 is 1. The fourth-order valence-corrected chi connectivity index (χ4v) is 3.30. The number of benzene rings is 1. The molecule has 0 bridgehead atoms. The van der Waals surface area contributed by atoms with Crippen LogP contribution < -0.4 is 0 Å². The van der Waals surface area contributed by atoms with E-state index in [1.165, 1.54) is 18.4 Å². The first-order valence-corrected chi connectivity index (χ1v) is 6.03. The van der Waals surface area contributed by atoms with Crippen molar-refractivity contribution in [3.8, 4) is 5.75 Å². The highest BCUT2D eigenvalue weighted by molar-refractivity contribution is 14.1. The number of thiophene rings is 1. The first kappa shape index (κ1) is 10.7. The summed E-state index contributed by atoms with van der Waals surface area (Å²) in [6, 6.07) is 5.64. The molecule has 0 saturated carbocycles. The molecule has 0 aliphatic rings. The van der Waals surface area contributed by atoms with Gasteiger partial charge in [0.05, 0.1) is 7.11 Å². The molecule has 0 unspecified atom stereocenters. The van der Waals surface area contributed by atoms with E-state index in [9.17, 15) is 9.90 Å². The molecular formula is C10H7IO3S. The molecule has 0 aliphatic heterocycles. The Hall–Kier alpha value is -0.820. The van der Waals surface area contributed by atoms with Crippen LogP contribution >= 0.6 is 33.9 Å². The predicted molar refractivity (Wildman–Crippen MR) is 67.5 cm³/mol. The SMILES string of the molecule is COC(=O)c1sc2cccc(I)c2c1O. The largest absolute Gasteiger partial charge is 0.505 e. The molecule has 0 saturated heterocycles. The summed E-state index contributed by atoms with van der Waals surface area (Å²) in [7, 11) is 1.30. The van der Waals surface area contributed by atoms with E-state index < -0.39 is 5.97 Å². The van der Waals surface area contributed by atoms with Gasteiger partial charge in [-0.1, -0.05) is 6.07 Å². The van der Waals surface area contributed by atoms with Gasteiger partial charge in [-0.05, 0) is 34.7 Å². The lowest BCUT2D eigenvalue weighted by atomic mass is 10.2. The van der Waals surface area contributed by atoms with Gasteiger partial charge in [0.15, 0.2) is 4.88 Å². The lowest BCUT2D eigenvalue weighted by Crippen LogP contribution is -1.97. The number of hydrogen-bond donors (Lipinski definition) is 1. The average molecular weight is 334 g/mol. The molecule has 0 spiro atoms. The number of hydrogen-bond acceptors (Lipinski definition) is 4. The predicted octanol–water partition coefficient (Wildman–Crippen LogP) is 3.00. The summed E-state index contributed by atoms with van der Waals surface area (Å²) < 4.78 is 6.41. The van der Waals surface area contributed by atoms with Crippen LogP contribution in [0, 0.1) is 3.57 Å². The maximum Gasteiger partial charge on any atom is 0.351 e. The first-order chi connectivity index (χ1) is 7.15. The molecule has 1 aromatic carbocycles. The van der Waals surface area contributed by atoms with Gasteiger partial charge in [0.2, 0.25) is 0 Å². The summed E-state index contributed by atoms with van der Waals surface area (Å²) in [4.78, 5) is 11.6. The van der Waals surface area contributed by atoms with Gasteiger partial charge >= 0.3 is 5.97 Å². The number of aromatic hydroxyl groups is 1. The maximum atomic E-state index is 11.3. The summed E-state index contributed by atoms with van der Waals surface area (Å²) in [6.07, 6.45) is 0. The van der Waals surface area contributed by atoms with E-state index >= 15 is 0 Å². The number of carbonyl (C=O) groups excluding carboxylic acids is 1. The van der Waals surface area contributed by atoms with Crippen LogP contribution in [0.1, 0.15) is 9.67 Å². The van der Waals surface area contributed by atoms with Crippen molar-refractivity contribution in [3.05, 3.63) is 26.6 Å². The zero-order chi connectivity index (χ0) is 11.0. The van der Waals surface area contributed by atoms with Gasteiger partial charge in [-0.2, -0.15) is 0 Å². The van der Waals surface area contributed by atoms with Crippen molar-refractivity contribution in [2.75, 3.05) is 7.11 Å². The van der Waals surface area contributed by atoms with Crippen molar-refractivity contribution in [1.82, 2.24) is 0 Å². The molecule has 2 aromatic rings. The van der Waals surface area contributed by atoms with E-state index in [1.54, 1.807) is 0 Å². The van der Waals surface area contributed by atoms with Crippen molar-refractivity contribution < 1.29 is 14.6 Å². The van der Waals surface area contributed by atoms with Gasteiger partial charge in [0, 0.05) is 13.7 Å². The van der Waals surface area contributed by atoms with E-state index in [-0.39, 0.29) is 10.6 Å². The smallest absolute Gasteiger partial charge is 0.351 e. The zero-order valence-corrected chi connectivity index (χ0v) is 10.8. The fourth-order valence-electron chi connectivity index (χ4n) is 1.32. The van der Waals surface area contributed by atoms with Crippen LogP contribution in [0.25, 0.3) is 10.1 Å². The third kappa shape index (κ3) is 1.69. The Labute approximate surface area is 104 Å². The minimum Gasteiger partial charge on any atom is -0.505 e. The number of ether oxygens (including phenoxy) is 1. The molecule has 2 rings (SSSR count). The van der Waals surface area contributed by atoms with Crippen LogP contribution in [0.2, 0.25) is 0 Å². The molecule has 0 atom stereocenters. The van der Waals surface area contributed by atoms with Crippen molar-refractivity contribution in [2.24, 2.45) is 0 Å². The highest BCUT2D eigenvalue weighted by Gasteiger charge is 2.19. The first-order valence-electron chi connectivity index (χ1n) is 4.13. The molecule has 3 nitrogen and oxygen atoms in total. The van der Waals surface area contributed by atoms with Crippen molar-refractivity contribution in [2.45, 2.75) is 0 Å². The normalized spacial score (nSPS) is 10.5. The summed E-state index contributed by atoms with van der Waals surface area (Å²) in [6.45, 7) is 0. The highest BCUT2D eigenvalue weighted by Crippen LogP contribution is 2.39. The van der Waals surface area contributed by atoms with E-state index in [2.05, 4.69) is 27.3 Å². The second-order valence-corrected chi connectivity index (χ2v) is 5.10. The number of halogens is 1. The topological polar surface area (TPSA) is 46.5 Å². The molecule has 0 amide bonds. The van der Waals surface area contributed by atoms with Gasteiger partial charge < -0.3 is 9.84 Å². The van der Waals surface area contributed by atoms with Crippen molar-refractivity contribution in [1.29, 1.82) is 0 Å². The van der Waals surface area contributed by atoms with Gasteiger partial charge in [0.25, 0.3) is 0 Å². The Morgan fingerprint density at radius 2 is 2.27 bits per heavy atom. The third-order valence-electron chi connectivity index (χ3n) is 2.01. The van der Waals surface area contributed by atoms with E-state index in [4.69, 9.17) is 0 Å². The number of esters is 1. The number of rotatable bonds is 1. The van der Waals surface area contributed by atoms with Crippen LogP contribution in [-0.2, 0) is 4.74 Å². The Morgan fingerprint density at radius 1 is 1.53 bits per heavy atom. The molecule has 1 N–H and O–H groups in total. The summed E-state index contributed by atoms with van der Waals surface area (Å²) in [5.41, 5.74) is 0. The Morgan fingerprint density at radius 3 is 2.87 bits per heavy atom. The van der Waals surface area contributed by atoms with Crippen LogP contribution in [0.4, 0.5) is 0 Å². The molecular weight excluding hydrogens is 327 g/mol. The van der Waals surface area contributed by atoms with E-state index in [1.807, 2.05) is 18.2 Å². The lowest BCUT2D eigenvalue weighted by Gasteiger charge is -1.96. The summed E-state index contributed by atoms with van der Waals surface area (Å²) >= 11 is 3.37. The van der Waals surface area contributed by atoms with Crippen LogP contribution in [0.5, 0.6) is 5.75 Å². The molecule has 78 valence electrons. The molecule has 0 fully saturated rings. The third-order valence-corrected chi connectivity index (χ3v) is 4.03. The monoisotopic (exact) mass is 334 g/mol.